The molecule has 64 valence electrons. The van der Waals surface area contributed by atoms with E-state index >= 15 is 0 Å². The van der Waals surface area contributed by atoms with Crippen molar-refractivity contribution in [3.05, 3.63) is 31.6 Å². The summed E-state index contributed by atoms with van der Waals surface area (Å²) in [6, 6.07) is 2.02. The minimum atomic E-state index is -0.756. The first-order valence-electron chi connectivity index (χ1n) is 2.91. The quantitative estimate of drug-likeness (QED) is 0.370. The van der Waals surface area contributed by atoms with E-state index in [1.807, 2.05) is 0 Å². The Bertz CT molecular complexity index is 319. The average Bonchev–Trinajstić information content (AvgIpc) is 1.99. The van der Waals surface area contributed by atoms with Crippen LogP contribution < -0.4 is 5.73 Å². The summed E-state index contributed by atoms with van der Waals surface area (Å²) in [5.74, 6) is -0.756. The molecule has 0 aliphatic carbocycles. The topological polar surface area (TPSA) is 69.2 Å². The van der Waals surface area contributed by atoms with E-state index in [1.54, 1.807) is 22.6 Å². The molecule has 0 fully saturated rings. The van der Waals surface area contributed by atoms with Gasteiger partial charge in [-0.1, -0.05) is 0 Å². The second kappa shape index (κ2) is 3.21. The minimum Gasteiger partial charge on any atom is -0.395 e. The maximum absolute atomic E-state index is 12.8. The van der Waals surface area contributed by atoms with Crippen molar-refractivity contribution in [1.29, 1.82) is 0 Å². The predicted octanol–water partition coefficient (Wildman–Crippen LogP) is 1.92. The van der Waals surface area contributed by atoms with Gasteiger partial charge in [0.25, 0.3) is 5.69 Å². The fourth-order valence-corrected chi connectivity index (χ4v) is 1.25. The number of nitro benzene ring substituents is 1. The summed E-state index contributed by atoms with van der Waals surface area (Å²) in [4.78, 5) is 9.55. The maximum Gasteiger partial charge on any atom is 0.273 e. The van der Waals surface area contributed by atoms with E-state index in [1.165, 1.54) is 6.07 Å². The van der Waals surface area contributed by atoms with Gasteiger partial charge in [-0.3, -0.25) is 10.1 Å². The molecule has 0 saturated carbocycles. The van der Waals surface area contributed by atoms with E-state index in [0.29, 0.717) is 3.57 Å². The number of nitro groups is 1. The lowest BCUT2D eigenvalue weighted by Crippen LogP contribution is -1.97. The van der Waals surface area contributed by atoms with Crippen LogP contribution >= 0.6 is 22.6 Å². The van der Waals surface area contributed by atoms with Gasteiger partial charge in [0, 0.05) is 9.64 Å². The summed E-state index contributed by atoms with van der Waals surface area (Å²) in [5, 5.41) is 10.2. The van der Waals surface area contributed by atoms with Crippen molar-refractivity contribution < 1.29 is 9.31 Å². The third-order valence-corrected chi connectivity index (χ3v) is 2.17. The van der Waals surface area contributed by atoms with Crippen LogP contribution in [0.25, 0.3) is 0 Å². The normalized spacial score (nSPS) is 9.83. The summed E-state index contributed by atoms with van der Waals surface area (Å²) in [5.41, 5.74) is 4.91. The average molecular weight is 282 g/mol. The SMILES string of the molecule is Nc1c(F)cc([N+](=O)[O-])cc1I. The number of nitrogens with two attached hydrogens (primary N) is 1. The monoisotopic (exact) mass is 282 g/mol. The van der Waals surface area contributed by atoms with Gasteiger partial charge in [0.15, 0.2) is 5.82 Å². The predicted molar refractivity (Wildman–Crippen MR) is 50.2 cm³/mol. The van der Waals surface area contributed by atoms with Crippen molar-refractivity contribution >= 4 is 34.0 Å². The third kappa shape index (κ3) is 1.63. The van der Waals surface area contributed by atoms with Gasteiger partial charge in [-0.25, -0.2) is 4.39 Å². The Hall–Kier alpha value is -0.920. The Morgan fingerprint density at radius 3 is 2.58 bits per heavy atom. The minimum absolute atomic E-state index is 0.0544. The van der Waals surface area contributed by atoms with E-state index in [2.05, 4.69) is 0 Å². The lowest BCUT2D eigenvalue weighted by Gasteiger charge is -1.98. The number of anilines is 1. The number of halogens is 2. The number of hydrogen-bond donors (Lipinski definition) is 1. The zero-order valence-corrected chi connectivity index (χ0v) is 7.91. The molecule has 2 N–H and O–H groups in total. The molecule has 0 spiro atoms. The van der Waals surface area contributed by atoms with Gasteiger partial charge in [0.05, 0.1) is 16.7 Å². The van der Waals surface area contributed by atoms with Crippen LogP contribution in [0.1, 0.15) is 0 Å². The van der Waals surface area contributed by atoms with Crippen LogP contribution in [0.5, 0.6) is 0 Å². The smallest absolute Gasteiger partial charge is 0.273 e. The van der Waals surface area contributed by atoms with Gasteiger partial charge >= 0.3 is 0 Å². The van der Waals surface area contributed by atoms with E-state index in [-0.39, 0.29) is 11.4 Å². The molecular weight excluding hydrogens is 278 g/mol. The van der Waals surface area contributed by atoms with Crippen LogP contribution in [0.2, 0.25) is 0 Å². The van der Waals surface area contributed by atoms with Gasteiger partial charge < -0.3 is 5.73 Å². The number of nitrogens with zero attached hydrogens (tertiary/aromatic N) is 1. The van der Waals surface area contributed by atoms with Crippen LogP contribution in [0, 0.1) is 19.5 Å². The van der Waals surface area contributed by atoms with E-state index in [9.17, 15) is 14.5 Å². The van der Waals surface area contributed by atoms with Crippen LogP contribution in [0.15, 0.2) is 12.1 Å². The van der Waals surface area contributed by atoms with Crippen molar-refractivity contribution in [3.63, 3.8) is 0 Å². The first-order valence-corrected chi connectivity index (χ1v) is 3.99. The molecule has 0 aliphatic rings. The molecule has 1 aromatic rings. The summed E-state index contributed by atoms with van der Waals surface area (Å²) < 4.78 is 13.1. The van der Waals surface area contributed by atoms with Gasteiger partial charge in [-0.05, 0) is 22.6 Å². The van der Waals surface area contributed by atoms with Crippen molar-refractivity contribution in [2.45, 2.75) is 0 Å². The summed E-state index contributed by atoms with van der Waals surface area (Å²) in [6.45, 7) is 0. The number of nitrogen functional groups attached to an aromatic ring is 1. The van der Waals surface area contributed by atoms with Crippen LogP contribution in [0.3, 0.4) is 0 Å². The molecule has 12 heavy (non-hydrogen) atoms. The second-order valence-electron chi connectivity index (χ2n) is 2.08. The Morgan fingerprint density at radius 2 is 2.17 bits per heavy atom. The van der Waals surface area contributed by atoms with Crippen molar-refractivity contribution in [3.8, 4) is 0 Å². The van der Waals surface area contributed by atoms with Gasteiger partial charge in [0.2, 0.25) is 0 Å². The molecule has 0 radical (unpaired) electrons. The van der Waals surface area contributed by atoms with Crippen LogP contribution in [-0.4, -0.2) is 4.92 Å². The lowest BCUT2D eigenvalue weighted by atomic mass is 10.3. The molecule has 0 atom stereocenters. The van der Waals surface area contributed by atoms with Crippen LogP contribution in [0.4, 0.5) is 15.8 Å². The second-order valence-corrected chi connectivity index (χ2v) is 3.24. The number of hydrogen-bond acceptors (Lipinski definition) is 3. The maximum atomic E-state index is 12.8. The number of benzene rings is 1. The first kappa shape index (κ1) is 9.17. The zero-order valence-electron chi connectivity index (χ0n) is 5.75. The van der Waals surface area contributed by atoms with E-state index in [4.69, 9.17) is 5.73 Å². The highest BCUT2D eigenvalue weighted by Crippen LogP contribution is 2.24. The van der Waals surface area contributed by atoms with Crippen molar-refractivity contribution in [2.75, 3.05) is 5.73 Å². The fourth-order valence-electron chi connectivity index (χ4n) is 0.676. The lowest BCUT2D eigenvalue weighted by molar-refractivity contribution is -0.385. The Balaban J connectivity index is 3.31. The fraction of sp³-hybridized carbons (Fsp3) is 0. The van der Waals surface area contributed by atoms with Gasteiger partial charge in [-0.15, -0.1) is 0 Å². The molecule has 0 unspecified atom stereocenters. The molecule has 6 heteroatoms. The molecule has 0 amide bonds. The Morgan fingerprint density at radius 1 is 1.58 bits per heavy atom. The molecule has 4 nitrogen and oxygen atoms in total. The Kier molecular flexibility index (Phi) is 2.46. The van der Waals surface area contributed by atoms with Crippen molar-refractivity contribution in [1.82, 2.24) is 0 Å². The molecule has 0 heterocycles. The highest BCUT2D eigenvalue weighted by Gasteiger charge is 2.12. The van der Waals surface area contributed by atoms with Gasteiger partial charge in [0.1, 0.15) is 0 Å². The van der Waals surface area contributed by atoms with Crippen molar-refractivity contribution in [2.24, 2.45) is 0 Å². The summed E-state index contributed by atoms with van der Waals surface area (Å²) >= 11 is 1.74. The third-order valence-electron chi connectivity index (χ3n) is 1.27. The highest BCUT2D eigenvalue weighted by atomic mass is 127. The first-order chi connectivity index (χ1) is 5.52. The van der Waals surface area contributed by atoms with Crippen LogP contribution in [-0.2, 0) is 0 Å². The standard InChI is InChI=1S/C6H4FIN2O2/c7-4-1-3(10(11)12)2-5(8)6(4)9/h1-2H,9H2. The van der Waals surface area contributed by atoms with E-state index < -0.39 is 10.7 Å². The van der Waals surface area contributed by atoms with E-state index in [0.717, 1.165) is 6.07 Å². The molecule has 0 saturated heterocycles. The van der Waals surface area contributed by atoms with Gasteiger partial charge in [-0.2, -0.15) is 0 Å². The molecule has 0 aliphatic heterocycles. The molecule has 0 bridgehead atoms. The largest absolute Gasteiger partial charge is 0.395 e. The summed E-state index contributed by atoms with van der Waals surface area (Å²) in [7, 11) is 0. The Labute approximate surface area is 80.9 Å². The zero-order chi connectivity index (χ0) is 9.30. The molecule has 1 rings (SSSR count). The molecule has 0 aromatic heterocycles. The molecule has 1 aromatic carbocycles. The highest BCUT2D eigenvalue weighted by molar-refractivity contribution is 14.1. The number of non-ortho nitro benzene ring substituents is 1. The molecular formula is C6H4FIN2O2. The summed E-state index contributed by atoms with van der Waals surface area (Å²) in [6.07, 6.45) is 0. The number of rotatable bonds is 1.